The third-order valence-corrected chi connectivity index (χ3v) is 4.87. The number of amides is 1. The van der Waals surface area contributed by atoms with Gasteiger partial charge in [0.15, 0.2) is 5.96 Å². The first-order valence-electron chi connectivity index (χ1n) is 8.20. The van der Waals surface area contributed by atoms with E-state index in [4.69, 9.17) is 0 Å². The molecule has 1 saturated carbocycles. The van der Waals surface area contributed by atoms with Gasteiger partial charge in [-0.15, -0.1) is 11.3 Å². The third kappa shape index (κ3) is 5.49. The van der Waals surface area contributed by atoms with Crippen LogP contribution < -0.4 is 10.6 Å². The summed E-state index contributed by atoms with van der Waals surface area (Å²) in [6.45, 7) is 4.26. The molecule has 1 heterocycles. The van der Waals surface area contributed by atoms with Crippen LogP contribution in [0.25, 0.3) is 0 Å². The maximum absolute atomic E-state index is 11.7. The van der Waals surface area contributed by atoms with Gasteiger partial charge in [-0.05, 0) is 26.2 Å². The van der Waals surface area contributed by atoms with Crippen molar-refractivity contribution in [2.45, 2.75) is 39.2 Å². The molecule has 1 aromatic rings. The molecule has 0 radical (unpaired) electrons. The van der Waals surface area contributed by atoms with Crippen LogP contribution in [-0.2, 0) is 11.3 Å². The Morgan fingerprint density at radius 3 is 2.74 bits per heavy atom. The monoisotopic (exact) mass is 337 g/mol. The van der Waals surface area contributed by atoms with Crippen LogP contribution in [0.5, 0.6) is 0 Å². The van der Waals surface area contributed by atoms with E-state index in [0.29, 0.717) is 6.54 Å². The Kier molecular flexibility index (Phi) is 6.83. The minimum Gasteiger partial charge on any atom is -0.356 e. The molecule has 128 valence electrons. The smallest absolute Gasteiger partial charge is 0.223 e. The second-order valence-electron chi connectivity index (χ2n) is 5.96. The fourth-order valence-electron chi connectivity index (χ4n) is 2.50. The molecule has 1 aliphatic carbocycles. The number of nitrogens with zero attached hydrogens (tertiary/aromatic N) is 3. The van der Waals surface area contributed by atoms with Gasteiger partial charge < -0.3 is 15.5 Å². The Morgan fingerprint density at radius 1 is 1.43 bits per heavy atom. The normalized spacial score (nSPS) is 15.2. The lowest BCUT2D eigenvalue weighted by Crippen LogP contribution is -2.40. The van der Waals surface area contributed by atoms with E-state index >= 15 is 0 Å². The molecule has 0 aliphatic heterocycles. The second-order valence-corrected chi connectivity index (χ2v) is 7.02. The van der Waals surface area contributed by atoms with Gasteiger partial charge in [-0.25, -0.2) is 4.98 Å². The minimum absolute atomic E-state index is 0.219. The van der Waals surface area contributed by atoms with E-state index in [9.17, 15) is 4.79 Å². The summed E-state index contributed by atoms with van der Waals surface area (Å²) in [5.74, 6) is 1.33. The molecular weight excluding hydrogens is 310 g/mol. The highest BCUT2D eigenvalue weighted by Crippen LogP contribution is 2.25. The first-order valence-corrected chi connectivity index (χ1v) is 9.08. The topological polar surface area (TPSA) is 69.6 Å². The number of carbonyl (C=O) groups excluding carboxylic acids is 1. The predicted octanol–water partition coefficient (Wildman–Crippen LogP) is 1.77. The van der Waals surface area contributed by atoms with Crippen LogP contribution in [0.3, 0.4) is 0 Å². The van der Waals surface area contributed by atoms with Crippen LogP contribution in [0, 0.1) is 12.8 Å². The van der Waals surface area contributed by atoms with Crippen LogP contribution in [0.1, 0.15) is 36.4 Å². The zero-order chi connectivity index (χ0) is 16.7. The van der Waals surface area contributed by atoms with Gasteiger partial charge in [-0.1, -0.05) is 6.42 Å². The third-order valence-electron chi connectivity index (χ3n) is 4.05. The molecular formula is C16H27N5OS. The van der Waals surface area contributed by atoms with E-state index in [1.54, 1.807) is 18.4 Å². The van der Waals surface area contributed by atoms with Crippen molar-refractivity contribution in [3.05, 3.63) is 16.1 Å². The fraction of sp³-hybridized carbons (Fsp3) is 0.688. The Hall–Kier alpha value is -1.63. The Morgan fingerprint density at radius 2 is 2.17 bits per heavy atom. The summed E-state index contributed by atoms with van der Waals surface area (Å²) in [5, 5.41) is 9.50. The van der Waals surface area contributed by atoms with Crippen molar-refractivity contribution >= 4 is 23.2 Å². The molecule has 0 saturated heterocycles. The number of hydrogen-bond donors (Lipinski definition) is 2. The van der Waals surface area contributed by atoms with Gasteiger partial charge in [-0.2, -0.15) is 0 Å². The number of aliphatic imine (C=N–C) groups is 1. The van der Waals surface area contributed by atoms with Crippen LogP contribution in [0.2, 0.25) is 0 Å². The highest BCUT2D eigenvalue weighted by atomic mass is 32.1. The number of aromatic nitrogens is 1. The van der Waals surface area contributed by atoms with Crippen molar-refractivity contribution in [1.82, 2.24) is 20.5 Å². The first-order chi connectivity index (χ1) is 11.1. The summed E-state index contributed by atoms with van der Waals surface area (Å²) in [7, 11) is 3.78. The zero-order valence-corrected chi connectivity index (χ0v) is 15.1. The average Bonchev–Trinajstić information content (AvgIpc) is 2.86. The van der Waals surface area contributed by atoms with Crippen LogP contribution in [0.15, 0.2) is 10.4 Å². The number of hydrogen-bond acceptors (Lipinski definition) is 4. The molecule has 0 spiro atoms. The number of guanidine groups is 1. The molecule has 0 aromatic carbocycles. The lowest BCUT2D eigenvalue weighted by molar-refractivity contribution is -0.127. The molecule has 0 atom stereocenters. The second kappa shape index (κ2) is 8.86. The van der Waals surface area contributed by atoms with Crippen molar-refractivity contribution < 1.29 is 4.79 Å². The Bertz CT molecular complexity index is 538. The molecule has 2 N–H and O–H groups in total. The van der Waals surface area contributed by atoms with Crippen LogP contribution >= 0.6 is 11.3 Å². The van der Waals surface area contributed by atoms with E-state index in [2.05, 4.69) is 30.9 Å². The van der Waals surface area contributed by atoms with E-state index < -0.39 is 0 Å². The van der Waals surface area contributed by atoms with Gasteiger partial charge in [0.1, 0.15) is 0 Å². The van der Waals surface area contributed by atoms with Gasteiger partial charge in [0.2, 0.25) is 5.91 Å². The zero-order valence-electron chi connectivity index (χ0n) is 14.3. The van der Waals surface area contributed by atoms with E-state index in [-0.39, 0.29) is 11.8 Å². The van der Waals surface area contributed by atoms with Crippen molar-refractivity contribution in [2.75, 3.05) is 27.2 Å². The van der Waals surface area contributed by atoms with Gasteiger partial charge in [0.05, 0.1) is 17.2 Å². The quantitative estimate of drug-likeness (QED) is 0.452. The summed E-state index contributed by atoms with van der Waals surface area (Å²) >= 11 is 1.66. The maximum Gasteiger partial charge on any atom is 0.223 e. The molecule has 23 heavy (non-hydrogen) atoms. The summed E-state index contributed by atoms with van der Waals surface area (Å²) in [6, 6.07) is 0. The molecule has 1 fully saturated rings. The van der Waals surface area contributed by atoms with Crippen molar-refractivity contribution in [2.24, 2.45) is 10.9 Å². The van der Waals surface area contributed by atoms with Crippen molar-refractivity contribution in [3.63, 3.8) is 0 Å². The SMILES string of the molecule is CN=C(NCCCNC(=O)C1CCC1)N(C)Cc1csc(C)n1. The van der Waals surface area contributed by atoms with Gasteiger partial charge >= 0.3 is 0 Å². The highest BCUT2D eigenvalue weighted by molar-refractivity contribution is 7.09. The summed E-state index contributed by atoms with van der Waals surface area (Å²) in [4.78, 5) is 22.5. The van der Waals surface area contributed by atoms with Crippen LogP contribution in [0.4, 0.5) is 0 Å². The minimum atomic E-state index is 0.219. The summed E-state index contributed by atoms with van der Waals surface area (Å²) in [6.07, 6.45) is 4.19. The fourth-order valence-corrected chi connectivity index (χ4v) is 3.10. The Balaban J connectivity index is 1.63. The largest absolute Gasteiger partial charge is 0.356 e. The summed E-state index contributed by atoms with van der Waals surface area (Å²) in [5.41, 5.74) is 1.06. The van der Waals surface area contributed by atoms with Gasteiger partial charge in [-0.3, -0.25) is 9.79 Å². The lowest BCUT2D eigenvalue weighted by Gasteiger charge is -2.24. The number of thiazole rings is 1. The summed E-state index contributed by atoms with van der Waals surface area (Å²) < 4.78 is 0. The van der Waals surface area contributed by atoms with Crippen molar-refractivity contribution in [3.8, 4) is 0 Å². The molecule has 6 nitrogen and oxygen atoms in total. The number of nitrogens with one attached hydrogen (secondary N) is 2. The molecule has 1 amide bonds. The van der Waals surface area contributed by atoms with Gasteiger partial charge in [0.25, 0.3) is 0 Å². The molecule has 2 rings (SSSR count). The average molecular weight is 337 g/mol. The van der Waals surface area contributed by atoms with Crippen molar-refractivity contribution in [1.29, 1.82) is 0 Å². The molecule has 1 aliphatic rings. The molecule has 0 bridgehead atoms. The standard InChI is InChI=1S/C16H27N5OS/c1-12-20-14(11-23-12)10-21(3)16(17-2)19-9-5-8-18-15(22)13-6-4-7-13/h11,13H,4-10H2,1-3H3,(H,17,19)(H,18,22). The maximum atomic E-state index is 11.7. The van der Waals surface area contributed by atoms with E-state index in [0.717, 1.165) is 49.0 Å². The molecule has 0 unspecified atom stereocenters. The van der Waals surface area contributed by atoms with E-state index in [1.807, 2.05) is 14.0 Å². The number of carbonyl (C=O) groups is 1. The predicted molar refractivity (Wildman–Crippen MR) is 94.6 cm³/mol. The van der Waals surface area contributed by atoms with E-state index in [1.165, 1.54) is 6.42 Å². The lowest BCUT2D eigenvalue weighted by atomic mass is 9.85. The molecule has 7 heteroatoms. The Labute approximate surface area is 142 Å². The van der Waals surface area contributed by atoms with Gasteiger partial charge in [0, 0.05) is 38.5 Å². The number of rotatable bonds is 7. The highest BCUT2D eigenvalue weighted by Gasteiger charge is 2.24. The van der Waals surface area contributed by atoms with Crippen LogP contribution in [-0.4, -0.2) is 48.9 Å². The number of aryl methyl sites for hydroxylation is 1. The first kappa shape index (κ1) is 17.7. The molecule has 1 aromatic heterocycles.